The van der Waals surface area contributed by atoms with Crippen molar-refractivity contribution in [2.24, 2.45) is 5.73 Å². The summed E-state index contributed by atoms with van der Waals surface area (Å²) in [5.41, 5.74) is 12.3. The Kier molecular flexibility index (Phi) is 4.01. The largest absolute Gasteiger partial charge is 0.472 e. The standard InChI is InChI=1S/C13H12BrN3O2/c14-11-4-2-1-3-8(11)7-19-13-10(12(16)18)5-9(15)6-17-13/h1-6H,7,15H2,(H2,16,18). The van der Waals surface area contributed by atoms with Crippen molar-refractivity contribution >= 4 is 27.5 Å². The summed E-state index contributed by atoms with van der Waals surface area (Å²) >= 11 is 3.42. The zero-order valence-electron chi connectivity index (χ0n) is 9.97. The minimum Gasteiger partial charge on any atom is -0.472 e. The van der Waals surface area contributed by atoms with Gasteiger partial charge in [0.05, 0.1) is 11.9 Å². The molecule has 2 aromatic rings. The molecule has 0 fully saturated rings. The molecule has 0 aliphatic carbocycles. The number of pyridine rings is 1. The van der Waals surface area contributed by atoms with Gasteiger partial charge in [-0.15, -0.1) is 0 Å². The molecule has 5 nitrogen and oxygen atoms in total. The Balaban J connectivity index is 2.20. The van der Waals surface area contributed by atoms with Crippen LogP contribution in [-0.2, 0) is 6.61 Å². The Morgan fingerprint density at radius 3 is 2.79 bits per heavy atom. The summed E-state index contributed by atoms with van der Waals surface area (Å²) in [5, 5.41) is 0. The number of carbonyl (C=O) groups excluding carboxylic acids is 1. The van der Waals surface area contributed by atoms with Crippen LogP contribution in [0.1, 0.15) is 15.9 Å². The van der Waals surface area contributed by atoms with Gasteiger partial charge in [0, 0.05) is 10.0 Å². The van der Waals surface area contributed by atoms with Crippen molar-refractivity contribution in [1.82, 2.24) is 4.98 Å². The predicted octanol–water partition coefficient (Wildman–Crippen LogP) is 2.10. The molecule has 98 valence electrons. The van der Waals surface area contributed by atoms with Gasteiger partial charge in [0.25, 0.3) is 5.91 Å². The lowest BCUT2D eigenvalue weighted by molar-refractivity contribution is 0.0995. The van der Waals surface area contributed by atoms with E-state index in [1.54, 1.807) is 0 Å². The maximum absolute atomic E-state index is 11.3. The molecule has 0 aliphatic rings. The fourth-order valence-electron chi connectivity index (χ4n) is 1.52. The molecule has 0 saturated heterocycles. The van der Waals surface area contributed by atoms with Crippen LogP contribution in [-0.4, -0.2) is 10.9 Å². The van der Waals surface area contributed by atoms with Crippen LogP contribution in [0.15, 0.2) is 41.0 Å². The summed E-state index contributed by atoms with van der Waals surface area (Å²) in [5.74, 6) is -0.445. The van der Waals surface area contributed by atoms with Gasteiger partial charge in [0.15, 0.2) is 0 Å². The van der Waals surface area contributed by atoms with E-state index in [0.717, 1.165) is 10.0 Å². The van der Waals surface area contributed by atoms with E-state index in [2.05, 4.69) is 20.9 Å². The van der Waals surface area contributed by atoms with Crippen molar-refractivity contribution in [2.75, 3.05) is 5.73 Å². The molecule has 1 heterocycles. The molecule has 0 saturated carbocycles. The summed E-state index contributed by atoms with van der Waals surface area (Å²) < 4.78 is 6.45. The van der Waals surface area contributed by atoms with Crippen molar-refractivity contribution < 1.29 is 9.53 Å². The van der Waals surface area contributed by atoms with Gasteiger partial charge < -0.3 is 16.2 Å². The number of carbonyl (C=O) groups is 1. The maximum atomic E-state index is 11.3. The SMILES string of the molecule is NC(=O)c1cc(N)cnc1OCc1ccccc1Br. The molecule has 0 aliphatic heterocycles. The number of amides is 1. The fraction of sp³-hybridized carbons (Fsp3) is 0.0769. The minimum atomic E-state index is -0.623. The third-order valence-electron chi connectivity index (χ3n) is 2.46. The predicted molar refractivity (Wildman–Crippen MR) is 75.6 cm³/mol. The lowest BCUT2D eigenvalue weighted by Crippen LogP contribution is -2.14. The number of rotatable bonds is 4. The minimum absolute atomic E-state index is 0.173. The van der Waals surface area contributed by atoms with E-state index >= 15 is 0 Å². The van der Waals surface area contributed by atoms with E-state index in [0.29, 0.717) is 5.69 Å². The van der Waals surface area contributed by atoms with Gasteiger partial charge in [-0.1, -0.05) is 34.1 Å². The van der Waals surface area contributed by atoms with Crippen molar-refractivity contribution in [1.29, 1.82) is 0 Å². The molecule has 4 N–H and O–H groups in total. The first-order chi connectivity index (χ1) is 9.08. The monoisotopic (exact) mass is 321 g/mol. The number of ether oxygens (including phenoxy) is 1. The number of primary amides is 1. The van der Waals surface area contributed by atoms with Gasteiger partial charge in [0.2, 0.25) is 5.88 Å². The van der Waals surface area contributed by atoms with Gasteiger partial charge in [-0.05, 0) is 12.1 Å². The lowest BCUT2D eigenvalue weighted by Gasteiger charge is -2.10. The third kappa shape index (κ3) is 3.23. The van der Waals surface area contributed by atoms with E-state index < -0.39 is 5.91 Å². The van der Waals surface area contributed by atoms with Crippen molar-refractivity contribution in [2.45, 2.75) is 6.61 Å². The van der Waals surface area contributed by atoms with Gasteiger partial charge >= 0.3 is 0 Å². The summed E-state index contributed by atoms with van der Waals surface area (Å²) in [6, 6.07) is 9.07. The molecule has 1 aromatic carbocycles. The number of hydrogen-bond acceptors (Lipinski definition) is 4. The van der Waals surface area contributed by atoms with Crippen LogP contribution in [0.25, 0.3) is 0 Å². The van der Waals surface area contributed by atoms with Crippen LogP contribution in [0.3, 0.4) is 0 Å². The second kappa shape index (κ2) is 5.71. The van der Waals surface area contributed by atoms with E-state index in [1.165, 1.54) is 12.3 Å². The summed E-state index contributed by atoms with van der Waals surface area (Å²) in [4.78, 5) is 15.3. The molecule has 6 heteroatoms. The molecule has 0 atom stereocenters. The van der Waals surface area contributed by atoms with Crippen LogP contribution in [0.4, 0.5) is 5.69 Å². The highest BCUT2D eigenvalue weighted by Crippen LogP contribution is 2.21. The molecule has 0 unspecified atom stereocenters. The number of nitrogens with zero attached hydrogens (tertiary/aromatic N) is 1. The van der Waals surface area contributed by atoms with Gasteiger partial charge in [-0.25, -0.2) is 4.98 Å². The number of hydrogen-bond donors (Lipinski definition) is 2. The third-order valence-corrected chi connectivity index (χ3v) is 3.23. The topological polar surface area (TPSA) is 91.2 Å². The molecule has 2 rings (SSSR count). The number of anilines is 1. The molecule has 19 heavy (non-hydrogen) atoms. The summed E-state index contributed by atoms with van der Waals surface area (Å²) in [6.07, 6.45) is 1.42. The van der Waals surface area contributed by atoms with E-state index in [4.69, 9.17) is 16.2 Å². The zero-order chi connectivity index (χ0) is 13.8. The molecule has 1 amide bonds. The number of nitrogens with two attached hydrogens (primary N) is 2. The smallest absolute Gasteiger partial charge is 0.254 e. The van der Waals surface area contributed by atoms with Crippen LogP contribution in [0, 0.1) is 0 Å². The van der Waals surface area contributed by atoms with Gasteiger partial charge in [-0.2, -0.15) is 0 Å². The van der Waals surface area contributed by atoms with Crippen molar-refractivity contribution in [3.63, 3.8) is 0 Å². The van der Waals surface area contributed by atoms with E-state index in [-0.39, 0.29) is 18.1 Å². The molecule has 1 aromatic heterocycles. The maximum Gasteiger partial charge on any atom is 0.254 e. The van der Waals surface area contributed by atoms with E-state index in [1.807, 2.05) is 24.3 Å². The second-order valence-electron chi connectivity index (χ2n) is 3.87. The van der Waals surface area contributed by atoms with Crippen LogP contribution in [0.5, 0.6) is 5.88 Å². The first kappa shape index (κ1) is 13.4. The Morgan fingerprint density at radius 2 is 2.11 bits per heavy atom. The highest BCUT2D eigenvalue weighted by Gasteiger charge is 2.12. The van der Waals surface area contributed by atoms with Crippen LogP contribution >= 0.6 is 15.9 Å². The number of benzene rings is 1. The van der Waals surface area contributed by atoms with Crippen LogP contribution < -0.4 is 16.2 Å². The highest BCUT2D eigenvalue weighted by atomic mass is 79.9. The molecule has 0 spiro atoms. The number of halogens is 1. The molecular weight excluding hydrogens is 310 g/mol. The molecular formula is C13H12BrN3O2. The van der Waals surface area contributed by atoms with Crippen LogP contribution in [0.2, 0.25) is 0 Å². The fourth-order valence-corrected chi connectivity index (χ4v) is 1.92. The Morgan fingerprint density at radius 1 is 1.37 bits per heavy atom. The van der Waals surface area contributed by atoms with Gasteiger partial charge in [0.1, 0.15) is 12.2 Å². The second-order valence-corrected chi connectivity index (χ2v) is 4.72. The first-order valence-corrected chi connectivity index (χ1v) is 6.28. The average molecular weight is 322 g/mol. The quantitative estimate of drug-likeness (QED) is 0.902. The zero-order valence-corrected chi connectivity index (χ0v) is 11.6. The molecule has 0 radical (unpaired) electrons. The summed E-state index contributed by atoms with van der Waals surface area (Å²) in [7, 11) is 0. The van der Waals surface area contributed by atoms with Crippen molar-refractivity contribution in [3.05, 3.63) is 52.1 Å². The van der Waals surface area contributed by atoms with E-state index in [9.17, 15) is 4.79 Å². The molecule has 0 bridgehead atoms. The Bertz CT molecular complexity index is 617. The first-order valence-electron chi connectivity index (χ1n) is 5.49. The summed E-state index contributed by atoms with van der Waals surface area (Å²) in [6.45, 7) is 0.276. The Hall–Kier alpha value is -2.08. The number of nitrogen functional groups attached to an aromatic ring is 1. The average Bonchev–Trinajstić information content (AvgIpc) is 2.38. The normalized spacial score (nSPS) is 10.2. The number of aromatic nitrogens is 1. The lowest BCUT2D eigenvalue weighted by atomic mass is 10.2. The Labute approximate surface area is 118 Å². The van der Waals surface area contributed by atoms with Gasteiger partial charge in [-0.3, -0.25) is 4.79 Å². The highest BCUT2D eigenvalue weighted by molar-refractivity contribution is 9.10. The van der Waals surface area contributed by atoms with Crippen molar-refractivity contribution in [3.8, 4) is 5.88 Å².